The van der Waals surface area contributed by atoms with Gasteiger partial charge in [0.05, 0.1) is 6.07 Å². The minimum atomic E-state index is 0.334. The molecule has 0 aromatic carbocycles. The molecule has 0 aliphatic heterocycles. The summed E-state index contributed by atoms with van der Waals surface area (Å²) in [6.45, 7) is 2.13. The summed E-state index contributed by atoms with van der Waals surface area (Å²) in [5, 5.41) is 8.46. The molecule has 1 rings (SSSR count). The Labute approximate surface area is 67.2 Å². The van der Waals surface area contributed by atoms with Gasteiger partial charge in [-0.3, -0.25) is 4.79 Å². The molecule has 2 heteroatoms. The van der Waals surface area contributed by atoms with Crippen molar-refractivity contribution in [1.29, 1.82) is 5.26 Å². The number of hydrogen-bond acceptors (Lipinski definition) is 2. The number of carbonyl (C=O) groups excluding carboxylic acids is 1. The topological polar surface area (TPSA) is 40.9 Å². The van der Waals surface area contributed by atoms with Gasteiger partial charge in [0, 0.05) is 19.3 Å². The molecule has 11 heavy (non-hydrogen) atoms. The zero-order valence-corrected chi connectivity index (χ0v) is 6.84. The van der Waals surface area contributed by atoms with E-state index in [0.29, 0.717) is 30.5 Å². The maximum Gasteiger partial charge on any atom is 0.133 e. The van der Waals surface area contributed by atoms with Crippen LogP contribution in [0.1, 0.15) is 32.6 Å². The third kappa shape index (κ3) is 2.04. The second-order valence-electron chi connectivity index (χ2n) is 3.38. The number of Topliss-reactive ketones (excluding diaryl/α,β-unsaturated/α-hetero) is 1. The largest absolute Gasteiger partial charge is 0.300 e. The highest BCUT2D eigenvalue weighted by atomic mass is 16.1. The Morgan fingerprint density at radius 1 is 1.73 bits per heavy atom. The van der Waals surface area contributed by atoms with Gasteiger partial charge in [-0.2, -0.15) is 5.26 Å². The van der Waals surface area contributed by atoms with Crippen molar-refractivity contribution in [1.82, 2.24) is 0 Å². The van der Waals surface area contributed by atoms with Gasteiger partial charge in [-0.1, -0.05) is 6.92 Å². The third-order valence-electron chi connectivity index (χ3n) is 2.53. The number of ketones is 1. The van der Waals surface area contributed by atoms with E-state index < -0.39 is 0 Å². The zero-order valence-electron chi connectivity index (χ0n) is 6.84. The van der Waals surface area contributed by atoms with E-state index >= 15 is 0 Å². The van der Waals surface area contributed by atoms with Crippen molar-refractivity contribution in [3.05, 3.63) is 0 Å². The summed E-state index contributed by atoms with van der Waals surface area (Å²) in [5.41, 5.74) is 0. The van der Waals surface area contributed by atoms with Gasteiger partial charge in [0.25, 0.3) is 0 Å². The van der Waals surface area contributed by atoms with Crippen LogP contribution in [0.15, 0.2) is 0 Å². The lowest BCUT2D eigenvalue weighted by molar-refractivity contribution is -0.122. The molecule has 0 radical (unpaired) electrons. The molecule has 2 unspecified atom stereocenters. The van der Waals surface area contributed by atoms with Crippen molar-refractivity contribution in [3.8, 4) is 6.07 Å². The summed E-state index contributed by atoms with van der Waals surface area (Å²) in [4.78, 5) is 11.0. The normalized spacial score (nSPS) is 31.5. The molecule has 2 nitrogen and oxygen atoms in total. The molecule has 0 heterocycles. The van der Waals surface area contributed by atoms with E-state index in [2.05, 4.69) is 13.0 Å². The van der Waals surface area contributed by atoms with E-state index in [4.69, 9.17) is 5.26 Å². The van der Waals surface area contributed by atoms with Crippen LogP contribution in [0.25, 0.3) is 0 Å². The number of nitriles is 1. The molecular weight excluding hydrogens is 138 g/mol. The first kappa shape index (κ1) is 8.26. The summed E-state index contributed by atoms with van der Waals surface area (Å²) in [7, 11) is 0. The molecule has 1 aliphatic rings. The highest BCUT2D eigenvalue weighted by Crippen LogP contribution is 2.29. The van der Waals surface area contributed by atoms with Crippen LogP contribution in [0.3, 0.4) is 0 Å². The summed E-state index contributed by atoms with van der Waals surface area (Å²) >= 11 is 0. The van der Waals surface area contributed by atoms with Gasteiger partial charge in [0.2, 0.25) is 0 Å². The number of carbonyl (C=O) groups is 1. The molecule has 2 atom stereocenters. The fraction of sp³-hybridized carbons (Fsp3) is 0.778. The Kier molecular flexibility index (Phi) is 2.64. The minimum absolute atomic E-state index is 0.334. The van der Waals surface area contributed by atoms with Crippen LogP contribution in [0.4, 0.5) is 0 Å². The molecular formula is C9H13NO. The van der Waals surface area contributed by atoms with Crippen molar-refractivity contribution >= 4 is 5.78 Å². The Hall–Kier alpha value is -0.840. The Morgan fingerprint density at radius 3 is 3.09 bits per heavy atom. The first-order valence-electron chi connectivity index (χ1n) is 4.12. The van der Waals surface area contributed by atoms with E-state index in [1.54, 1.807) is 0 Å². The van der Waals surface area contributed by atoms with Gasteiger partial charge in [-0.25, -0.2) is 0 Å². The molecule has 1 fully saturated rings. The van der Waals surface area contributed by atoms with Gasteiger partial charge in [0.15, 0.2) is 0 Å². The standard InChI is InChI=1S/C9H13NO/c1-7-2-3-9(11)6-8(7)4-5-10/h7-8H,2-4,6H2,1H3. The molecule has 0 aromatic rings. The lowest BCUT2D eigenvalue weighted by Crippen LogP contribution is -2.22. The second-order valence-corrected chi connectivity index (χ2v) is 3.38. The van der Waals surface area contributed by atoms with Crippen molar-refractivity contribution in [3.63, 3.8) is 0 Å². The molecule has 0 amide bonds. The molecule has 0 N–H and O–H groups in total. The summed E-state index contributed by atoms with van der Waals surface area (Å²) in [6.07, 6.45) is 2.88. The second kappa shape index (κ2) is 3.52. The van der Waals surface area contributed by atoms with Crippen molar-refractivity contribution in [2.24, 2.45) is 11.8 Å². The van der Waals surface area contributed by atoms with Crippen LogP contribution in [-0.4, -0.2) is 5.78 Å². The predicted molar refractivity (Wildman–Crippen MR) is 41.7 cm³/mol. The van der Waals surface area contributed by atoms with Gasteiger partial charge in [-0.05, 0) is 18.3 Å². The Balaban J connectivity index is 2.48. The first-order chi connectivity index (χ1) is 5.24. The SMILES string of the molecule is CC1CCC(=O)CC1CC#N. The van der Waals surface area contributed by atoms with Crippen molar-refractivity contribution in [2.45, 2.75) is 32.6 Å². The van der Waals surface area contributed by atoms with Crippen molar-refractivity contribution in [2.75, 3.05) is 0 Å². The maximum absolute atomic E-state index is 11.0. The molecule has 1 saturated carbocycles. The van der Waals surface area contributed by atoms with Crippen LogP contribution in [-0.2, 0) is 4.79 Å². The fourth-order valence-electron chi connectivity index (χ4n) is 1.61. The van der Waals surface area contributed by atoms with E-state index in [0.717, 1.165) is 12.8 Å². The molecule has 1 aliphatic carbocycles. The highest BCUT2D eigenvalue weighted by Gasteiger charge is 2.25. The van der Waals surface area contributed by atoms with E-state index in [-0.39, 0.29) is 0 Å². The number of nitrogens with zero attached hydrogens (tertiary/aromatic N) is 1. The van der Waals surface area contributed by atoms with Crippen LogP contribution in [0.2, 0.25) is 0 Å². The average molecular weight is 151 g/mol. The summed E-state index contributed by atoms with van der Waals surface area (Å²) in [5.74, 6) is 1.23. The molecule has 0 saturated heterocycles. The summed E-state index contributed by atoms with van der Waals surface area (Å²) < 4.78 is 0. The van der Waals surface area contributed by atoms with Crippen molar-refractivity contribution < 1.29 is 4.79 Å². The molecule has 0 spiro atoms. The molecule has 0 bridgehead atoms. The summed E-state index contributed by atoms with van der Waals surface area (Å²) in [6, 6.07) is 2.14. The molecule has 0 aromatic heterocycles. The van der Waals surface area contributed by atoms with E-state index in [1.165, 1.54) is 0 Å². The van der Waals surface area contributed by atoms with Gasteiger partial charge in [-0.15, -0.1) is 0 Å². The zero-order chi connectivity index (χ0) is 8.27. The predicted octanol–water partition coefficient (Wildman–Crippen LogP) is 1.91. The van der Waals surface area contributed by atoms with E-state index in [1.807, 2.05) is 0 Å². The maximum atomic E-state index is 11.0. The molecule has 60 valence electrons. The number of hydrogen-bond donors (Lipinski definition) is 0. The third-order valence-corrected chi connectivity index (χ3v) is 2.53. The fourth-order valence-corrected chi connectivity index (χ4v) is 1.61. The van der Waals surface area contributed by atoms with Crippen LogP contribution in [0.5, 0.6) is 0 Å². The quantitative estimate of drug-likeness (QED) is 0.574. The Morgan fingerprint density at radius 2 is 2.45 bits per heavy atom. The van der Waals surface area contributed by atoms with Crippen LogP contribution >= 0.6 is 0 Å². The van der Waals surface area contributed by atoms with Gasteiger partial charge in [0.1, 0.15) is 5.78 Å². The lowest BCUT2D eigenvalue weighted by Gasteiger charge is -2.25. The smallest absolute Gasteiger partial charge is 0.133 e. The van der Waals surface area contributed by atoms with Crippen LogP contribution < -0.4 is 0 Å². The van der Waals surface area contributed by atoms with E-state index in [9.17, 15) is 4.79 Å². The van der Waals surface area contributed by atoms with Gasteiger partial charge >= 0.3 is 0 Å². The first-order valence-corrected chi connectivity index (χ1v) is 4.12. The monoisotopic (exact) mass is 151 g/mol. The minimum Gasteiger partial charge on any atom is -0.300 e. The average Bonchev–Trinajstić information content (AvgIpc) is 1.98. The highest BCUT2D eigenvalue weighted by molar-refractivity contribution is 5.79. The number of rotatable bonds is 1. The lowest BCUT2D eigenvalue weighted by atomic mass is 9.78. The van der Waals surface area contributed by atoms with Gasteiger partial charge < -0.3 is 0 Å². The Bertz CT molecular complexity index is 192. The van der Waals surface area contributed by atoms with Crippen LogP contribution in [0, 0.1) is 23.2 Å².